The summed E-state index contributed by atoms with van der Waals surface area (Å²) in [5, 5.41) is 0. The molecule has 0 aliphatic heterocycles. The average Bonchev–Trinajstić information content (AvgIpc) is 2.71. The zero-order valence-corrected chi connectivity index (χ0v) is 16.9. The Hall–Kier alpha value is -2.92. The van der Waals surface area contributed by atoms with E-state index in [0.717, 1.165) is 15.6 Å². The molecule has 4 nitrogen and oxygen atoms in total. The van der Waals surface area contributed by atoms with E-state index >= 15 is 0 Å². The highest BCUT2D eigenvalue weighted by atomic mass is 79.9. The van der Waals surface area contributed by atoms with Crippen molar-refractivity contribution in [1.82, 2.24) is 0 Å². The fourth-order valence-corrected chi connectivity index (χ4v) is 2.97. The number of halogens is 1. The lowest BCUT2D eigenvalue weighted by Crippen LogP contribution is -2.14. The van der Waals surface area contributed by atoms with Gasteiger partial charge in [-0.1, -0.05) is 64.5 Å². The largest absolute Gasteiger partial charge is 0.462 e. The van der Waals surface area contributed by atoms with Crippen molar-refractivity contribution in [2.45, 2.75) is 13.3 Å². The van der Waals surface area contributed by atoms with Crippen molar-refractivity contribution in [2.24, 2.45) is 0 Å². The monoisotopic (exact) mass is 438 g/mol. The van der Waals surface area contributed by atoms with Crippen LogP contribution >= 0.6 is 15.9 Å². The lowest BCUT2D eigenvalue weighted by Gasteiger charge is -2.10. The van der Waals surface area contributed by atoms with Crippen molar-refractivity contribution in [1.29, 1.82) is 0 Å². The van der Waals surface area contributed by atoms with E-state index < -0.39 is 11.9 Å². The number of ether oxygens (including phenoxy) is 2. The maximum absolute atomic E-state index is 12.5. The van der Waals surface area contributed by atoms with Crippen LogP contribution < -0.4 is 4.74 Å². The van der Waals surface area contributed by atoms with Gasteiger partial charge in [-0.2, -0.15) is 0 Å². The number of esters is 2. The zero-order valence-electron chi connectivity index (χ0n) is 15.4. The summed E-state index contributed by atoms with van der Waals surface area (Å²) in [6.45, 7) is 2.18. The quantitative estimate of drug-likeness (QED) is 0.383. The van der Waals surface area contributed by atoms with Crippen LogP contribution in [-0.2, 0) is 11.2 Å². The SMILES string of the molecule is Cc1ccc(C(=O)Oc2ccccc2C(=O)OCCc2ccccc2)cc1Br. The van der Waals surface area contributed by atoms with Crippen molar-refractivity contribution in [3.05, 3.63) is 99.5 Å². The number of benzene rings is 3. The maximum Gasteiger partial charge on any atom is 0.343 e. The number of rotatable bonds is 6. The molecule has 28 heavy (non-hydrogen) atoms. The number of aryl methyl sites for hydroxylation is 1. The van der Waals surface area contributed by atoms with E-state index in [9.17, 15) is 9.59 Å². The molecule has 0 radical (unpaired) electrons. The van der Waals surface area contributed by atoms with Crippen LogP contribution in [0.2, 0.25) is 0 Å². The molecular formula is C23H19BrO4. The Labute approximate surface area is 172 Å². The van der Waals surface area contributed by atoms with Crippen molar-refractivity contribution in [3.8, 4) is 5.75 Å². The molecule has 0 spiro atoms. The van der Waals surface area contributed by atoms with Gasteiger partial charge in [-0.05, 0) is 42.3 Å². The summed E-state index contributed by atoms with van der Waals surface area (Å²) < 4.78 is 11.6. The van der Waals surface area contributed by atoms with Crippen molar-refractivity contribution < 1.29 is 19.1 Å². The molecule has 0 unspecified atom stereocenters. The van der Waals surface area contributed by atoms with Crippen molar-refractivity contribution >= 4 is 27.9 Å². The summed E-state index contributed by atoms with van der Waals surface area (Å²) in [5.74, 6) is -0.886. The Morgan fingerprint density at radius 2 is 1.61 bits per heavy atom. The summed E-state index contributed by atoms with van der Waals surface area (Å²) in [6.07, 6.45) is 0.617. The van der Waals surface area contributed by atoms with Crippen LogP contribution in [0.15, 0.2) is 77.3 Å². The van der Waals surface area contributed by atoms with Gasteiger partial charge in [0, 0.05) is 10.9 Å². The van der Waals surface area contributed by atoms with Crippen LogP contribution in [0.1, 0.15) is 31.8 Å². The molecule has 0 aromatic heterocycles. The number of carbonyl (C=O) groups excluding carboxylic acids is 2. The van der Waals surface area contributed by atoms with Gasteiger partial charge in [0.1, 0.15) is 11.3 Å². The van der Waals surface area contributed by atoms with E-state index in [-0.39, 0.29) is 17.9 Å². The summed E-state index contributed by atoms with van der Waals surface area (Å²) in [6, 6.07) is 21.5. The topological polar surface area (TPSA) is 52.6 Å². The third kappa shape index (κ3) is 5.08. The minimum absolute atomic E-state index is 0.175. The molecule has 0 amide bonds. The van der Waals surface area contributed by atoms with Crippen LogP contribution in [0.3, 0.4) is 0 Å². The summed E-state index contributed by atoms with van der Waals surface area (Å²) in [7, 11) is 0. The molecular weight excluding hydrogens is 420 g/mol. The van der Waals surface area contributed by atoms with Crippen LogP contribution in [0.25, 0.3) is 0 Å². The van der Waals surface area contributed by atoms with E-state index in [0.29, 0.717) is 12.0 Å². The third-order valence-electron chi connectivity index (χ3n) is 4.18. The Kier molecular flexibility index (Phi) is 6.61. The Balaban J connectivity index is 1.67. The zero-order chi connectivity index (χ0) is 19.9. The molecule has 0 saturated heterocycles. The normalized spacial score (nSPS) is 10.4. The molecule has 0 heterocycles. The summed E-state index contributed by atoms with van der Waals surface area (Å²) in [4.78, 5) is 24.9. The van der Waals surface area contributed by atoms with Crippen molar-refractivity contribution in [3.63, 3.8) is 0 Å². The molecule has 0 bridgehead atoms. The molecule has 3 rings (SSSR count). The molecule has 3 aromatic carbocycles. The minimum atomic E-state index is -0.537. The van der Waals surface area contributed by atoms with Crippen LogP contribution in [0.5, 0.6) is 5.75 Å². The van der Waals surface area contributed by atoms with E-state index in [1.165, 1.54) is 0 Å². The fourth-order valence-electron chi connectivity index (χ4n) is 2.59. The highest BCUT2D eigenvalue weighted by Crippen LogP contribution is 2.22. The number of hydrogen-bond acceptors (Lipinski definition) is 4. The molecule has 3 aromatic rings. The summed E-state index contributed by atoms with van der Waals surface area (Å²) in [5.41, 5.74) is 2.71. The average molecular weight is 439 g/mol. The van der Waals surface area contributed by atoms with Gasteiger partial charge in [0.25, 0.3) is 0 Å². The first-order valence-electron chi connectivity index (χ1n) is 8.83. The smallest absolute Gasteiger partial charge is 0.343 e. The Morgan fingerprint density at radius 1 is 0.893 bits per heavy atom. The highest BCUT2D eigenvalue weighted by Gasteiger charge is 2.17. The first-order chi connectivity index (χ1) is 13.5. The van der Waals surface area contributed by atoms with Crippen molar-refractivity contribution in [2.75, 3.05) is 6.61 Å². The Morgan fingerprint density at radius 3 is 2.36 bits per heavy atom. The molecule has 0 N–H and O–H groups in total. The van der Waals surface area contributed by atoms with Gasteiger partial charge < -0.3 is 9.47 Å². The molecule has 0 atom stereocenters. The maximum atomic E-state index is 12.5. The molecule has 142 valence electrons. The minimum Gasteiger partial charge on any atom is -0.462 e. The predicted octanol–water partition coefficient (Wildman–Crippen LogP) is 5.38. The van der Waals surface area contributed by atoms with E-state index in [2.05, 4.69) is 15.9 Å². The first kappa shape index (κ1) is 19.8. The van der Waals surface area contributed by atoms with Gasteiger partial charge in [-0.3, -0.25) is 0 Å². The summed E-state index contributed by atoms with van der Waals surface area (Å²) >= 11 is 3.40. The number of para-hydroxylation sites is 1. The molecule has 0 aliphatic carbocycles. The van der Waals surface area contributed by atoms with Gasteiger partial charge in [-0.15, -0.1) is 0 Å². The van der Waals surface area contributed by atoms with Crippen LogP contribution in [0, 0.1) is 6.92 Å². The van der Waals surface area contributed by atoms with Gasteiger partial charge in [0.15, 0.2) is 0 Å². The second-order valence-corrected chi connectivity index (χ2v) is 7.08. The second kappa shape index (κ2) is 9.33. The number of hydrogen-bond donors (Lipinski definition) is 0. The Bertz CT molecular complexity index is 983. The first-order valence-corrected chi connectivity index (χ1v) is 9.62. The molecule has 0 aliphatic rings. The molecule has 0 saturated carbocycles. The molecule has 5 heteroatoms. The van der Waals surface area contributed by atoms with Gasteiger partial charge >= 0.3 is 11.9 Å². The lowest BCUT2D eigenvalue weighted by molar-refractivity contribution is 0.0504. The number of carbonyl (C=O) groups is 2. The third-order valence-corrected chi connectivity index (χ3v) is 5.04. The predicted molar refractivity (Wildman–Crippen MR) is 111 cm³/mol. The van der Waals surface area contributed by atoms with E-state index in [4.69, 9.17) is 9.47 Å². The second-order valence-electron chi connectivity index (χ2n) is 6.22. The fraction of sp³-hybridized carbons (Fsp3) is 0.130. The lowest BCUT2D eigenvalue weighted by atomic mass is 10.1. The van der Waals surface area contributed by atoms with Gasteiger partial charge in [0.05, 0.1) is 12.2 Å². The van der Waals surface area contributed by atoms with E-state index in [1.54, 1.807) is 36.4 Å². The highest BCUT2D eigenvalue weighted by molar-refractivity contribution is 9.10. The molecule has 0 fully saturated rings. The van der Waals surface area contributed by atoms with E-state index in [1.807, 2.05) is 43.3 Å². The van der Waals surface area contributed by atoms with Crippen LogP contribution in [-0.4, -0.2) is 18.5 Å². The standard InChI is InChI=1S/C23H19BrO4/c1-16-11-12-18(15-20(16)24)22(25)28-21-10-6-5-9-19(21)23(26)27-14-13-17-7-3-2-4-8-17/h2-12,15H,13-14H2,1H3. The van der Waals surface area contributed by atoms with Crippen LogP contribution in [0.4, 0.5) is 0 Å². The van der Waals surface area contributed by atoms with Gasteiger partial charge in [-0.25, -0.2) is 9.59 Å². The van der Waals surface area contributed by atoms with Gasteiger partial charge in [0.2, 0.25) is 0 Å².